The smallest absolute Gasteiger partial charge is 0.305 e. The summed E-state index contributed by atoms with van der Waals surface area (Å²) in [6.45, 7) is 3.66. The minimum Gasteiger partial charge on any atom is -0.469 e. The summed E-state index contributed by atoms with van der Waals surface area (Å²) in [5.74, 6) is 0.971. The van der Waals surface area contributed by atoms with Crippen molar-refractivity contribution in [2.75, 3.05) is 7.11 Å². The molecule has 0 radical (unpaired) electrons. The van der Waals surface area contributed by atoms with E-state index in [0.717, 1.165) is 49.1 Å². The first-order valence-corrected chi connectivity index (χ1v) is 9.99. The summed E-state index contributed by atoms with van der Waals surface area (Å²) in [6, 6.07) is 0. The van der Waals surface area contributed by atoms with Gasteiger partial charge in [0.25, 0.3) is 5.91 Å². The van der Waals surface area contributed by atoms with Crippen molar-refractivity contribution in [3.63, 3.8) is 0 Å². The maximum absolute atomic E-state index is 11.6. The Hall–Kier alpha value is -2.50. The zero-order valence-electron chi connectivity index (χ0n) is 16.9. The average Bonchev–Trinajstić information content (AvgIpc) is 2.68. The number of allylic oxidation sites excluding steroid dienone is 4. The van der Waals surface area contributed by atoms with Gasteiger partial charge in [0.15, 0.2) is 0 Å². The van der Waals surface area contributed by atoms with Gasteiger partial charge in [0, 0.05) is 6.42 Å². The Bertz CT molecular complexity index is 821. The average molecular weight is 383 g/mol. The van der Waals surface area contributed by atoms with E-state index in [9.17, 15) is 9.59 Å². The second-order valence-electron chi connectivity index (χ2n) is 7.94. The maximum atomic E-state index is 11.6. The molecular weight excluding hydrogens is 354 g/mol. The van der Waals surface area contributed by atoms with Gasteiger partial charge in [0.05, 0.1) is 24.2 Å². The van der Waals surface area contributed by atoms with Gasteiger partial charge in [-0.3, -0.25) is 14.6 Å². The highest BCUT2D eigenvalue weighted by Gasteiger charge is 2.28. The number of primary amides is 1. The molecule has 6 heteroatoms. The van der Waals surface area contributed by atoms with Crippen LogP contribution < -0.4 is 5.73 Å². The fourth-order valence-corrected chi connectivity index (χ4v) is 4.44. The molecule has 2 N–H and O–H groups in total. The number of nitrogens with two attached hydrogens (primary N) is 1. The Morgan fingerprint density at radius 3 is 2.43 bits per heavy atom. The largest absolute Gasteiger partial charge is 0.469 e. The summed E-state index contributed by atoms with van der Waals surface area (Å²) in [6.07, 6.45) is 12.5. The zero-order chi connectivity index (χ0) is 20.3. The fourth-order valence-electron chi connectivity index (χ4n) is 4.44. The predicted octanol–water partition coefficient (Wildman–Crippen LogP) is 3.52. The number of carbonyl (C=O) groups is 2. The number of amides is 1. The lowest BCUT2D eigenvalue weighted by molar-refractivity contribution is -0.142. The summed E-state index contributed by atoms with van der Waals surface area (Å²) in [4.78, 5) is 32.0. The van der Waals surface area contributed by atoms with E-state index in [4.69, 9.17) is 10.5 Å². The van der Waals surface area contributed by atoms with Crippen LogP contribution in [0.5, 0.6) is 0 Å². The third-order valence-corrected chi connectivity index (χ3v) is 6.06. The number of aryl methyl sites for hydroxylation is 2. The molecule has 0 aliphatic heterocycles. The lowest BCUT2D eigenvalue weighted by Crippen LogP contribution is -2.23. The van der Waals surface area contributed by atoms with Crippen LogP contribution in [0, 0.1) is 31.6 Å². The Kier molecular flexibility index (Phi) is 6.27. The van der Waals surface area contributed by atoms with Crippen LogP contribution in [0.1, 0.15) is 66.1 Å². The highest BCUT2D eigenvalue weighted by molar-refractivity contribution is 5.92. The van der Waals surface area contributed by atoms with Gasteiger partial charge in [-0.1, -0.05) is 18.2 Å². The molecule has 1 saturated carbocycles. The molecule has 0 bridgehead atoms. The number of rotatable bonds is 5. The zero-order valence-corrected chi connectivity index (χ0v) is 16.9. The number of esters is 1. The number of hydrogen-bond acceptors (Lipinski definition) is 5. The predicted molar refractivity (Wildman–Crippen MR) is 107 cm³/mol. The van der Waals surface area contributed by atoms with E-state index in [1.165, 1.54) is 7.11 Å². The molecular formula is C22H29N3O3. The summed E-state index contributed by atoms with van der Waals surface area (Å²) >= 11 is 0. The van der Waals surface area contributed by atoms with E-state index in [1.807, 2.05) is 6.92 Å². The van der Waals surface area contributed by atoms with E-state index in [2.05, 4.69) is 28.2 Å². The highest BCUT2D eigenvalue weighted by Crippen LogP contribution is 2.39. The molecule has 6 nitrogen and oxygen atoms in total. The van der Waals surface area contributed by atoms with Crippen molar-refractivity contribution < 1.29 is 14.3 Å². The number of ether oxygens (including phenoxy) is 1. The Balaban J connectivity index is 1.63. The number of nitrogens with zero attached hydrogens (tertiary/aromatic N) is 2. The molecule has 28 heavy (non-hydrogen) atoms. The molecule has 0 saturated heterocycles. The van der Waals surface area contributed by atoms with E-state index >= 15 is 0 Å². The van der Waals surface area contributed by atoms with Crippen molar-refractivity contribution in [2.24, 2.45) is 23.5 Å². The molecule has 3 rings (SSSR count). The molecule has 2 aliphatic carbocycles. The first kappa shape index (κ1) is 20.2. The third kappa shape index (κ3) is 4.49. The van der Waals surface area contributed by atoms with Gasteiger partial charge in [0.1, 0.15) is 5.69 Å². The topological polar surface area (TPSA) is 95.2 Å². The van der Waals surface area contributed by atoms with Crippen LogP contribution in [0.25, 0.3) is 5.57 Å². The molecule has 1 fully saturated rings. The molecule has 1 aromatic heterocycles. The molecule has 150 valence electrons. The number of methoxy groups -OCH3 is 1. The summed E-state index contributed by atoms with van der Waals surface area (Å²) in [7, 11) is 1.46. The minimum absolute atomic E-state index is 0.0986. The third-order valence-electron chi connectivity index (χ3n) is 6.06. The summed E-state index contributed by atoms with van der Waals surface area (Å²) in [5, 5.41) is 0. The normalized spacial score (nSPS) is 24.5. The van der Waals surface area contributed by atoms with Crippen molar-refractivity contribution in [1.82, 2.24) is 9.97 Å². The van der Waals surface area contributed by atoms with E-state index in [0.29, 0.717) is 29.9 Å². The SMILES string of the molecule is COC(=O)CC1CCC([C@H]2C=CC(c3nc(C(N)=O)c(C)nc3C)=CC2)CC1. The molecule has 1 aromatic rings. The van der Waals surface area contributed by atoms with Crippen LogP contribution in [0.4, 0.5) is 0 Å². The van der Waals surface area contributed by atoms with E-state index < -0.39 is 5.91 Å². The second-order valence-corrected chi connectivity index (χ2v) is 7.94. The van der Waals surface area contributed by atoms with Crippen molar-refractivity contribution in [2.45, 2.75) is 52.4 Å². The molecule has 2 aliphatic rings. The molecule has 0 aromatic carbocycles. The van der Waals surface area contributed by atoms with Gasteiger partial charge in [-0.15, -0.1) is 0 Å². The molecule has 1 heterocycles. The standard InChI is InChI=1S/C22H29N3O3/c1-13-20(25-21(22(23)27)14(2)24-13)18-10-8-17(9-11-18)16-6-4-15(5-7-16)12-19(26)28-3/h8,10-11,15-17H,4-7,9,12H2,1-3H3,(H2,23,27)/t15?,16?,17-/m0/s1. The quantitative estimate of drug-likeness (QED) is 0.785. The highest BCUT2D eigenvalue weighted by atomic mass is 16.5. The van der Waals surface area contributed by atoms with Crippen molar-refractivity contribution in [1.29, 1.82) is 0 Å². The van der Waals surface area contributed by atoms with Crippen LogP contribution in [-0.4, -0.2) is 29.0 Å². The number of aromatic nitrogens is 2. The Morgan fingerprint density at radius 1 is 1.14 bits per heavy atom. The molecule has 1 atom stereocenters. The Labute approximate surface area is 166 Å². The van der Waals surface area contributed by atoms with Crippen LogP contribution in [-0.2, 0) is 9.53 Å². The van der Waals surface area contributed by atoms with Crippen molar-refractivity contribution in [3.05, 3.63) is 41.0 Å². The van der Waals surface area contributed by atoms with Gasteiger partial charge < -0.3 is 10.5 Å². The van der Waals surface area contributed by atoms with Gasteiger partial charge in [-0.2, -0.15) is 0 Å². The van der Waals surface area contributed by atoms with Crippen LogP contribution >= 0.6 is 0 Å². The van der Waals surface area contributed by atoms with Gasteiger partial charge in [-0.25, -0.2) is 4.98 Å². The van der Waals surface area contributed by atoms with Crippen molar-refractivity contribution >= 4 is 17.4 Å². The van der Waals surface area contributed by atoms with E-state index in [-0.39, 0.29) is 11.7 Å². The second kappa shape index (κ2) is 8.67. The fraction of sp³-hybridized carbons (Fsp3) is 0.545. The van der Waals surface area contributed by atoms with Crippen LogP contribution in [0.3, 0.4) is 0 Å². The minimum atomic E-state index is -0.548. The van der Waals surface area contributed by atoms with Gasteiger partial charge >= 0.3 is 5.97 Å². The van der Waals surface area contributed by atoms with Crippen molar-refractivity contribution in [3.8, 4) is 0 Å². The van der Waals surface area contributed by atoms with Gasteiger partial charge in [-0.05, 0) is 69.3 Å². The first-order valence-electron chi connectivity index (χ1n) is 9.99. The number of hydrogen-bond donors (Lipinski definition) is 1. The molecule has 0 unspecified atom stereocenters. The molecule has 0 spiro atoms. The molecule has 1 amide bonds. The first-order chi connectivity index (χ1) is 13.4. The monoisotopic (exact) mass is 383 g/mol. The number of carbonyl (C=O) groups excluding carboxylic acids is 2. The lowest BCUT2D eigenvalue weighted by Gasteiger charge is -2.33. The lowest BCUT2D eigenvalue weighted by atomic mass is 9.72. The summed E-state index contributed by atoms with van der Waals surface area (Å²) in [5.41, 5.74) is 8.77. The van der Waals surface area contributed by atoms with Crippen LogP contribution in [0.15, 0.2) is 18.2 Å². The van der Waals surface area contributed by atoms with Gasteiger partial charge in [0.2, 0.25) is 0 Å². The maximum Gasteiger partial charge on any atom is 0.305 e. The summed E-state index contributed by atoms with van der Waals surface area (Å²) < 4.78 is 4.79. The van der Waals surface area contributed by atoms with Crippen LogP contribution in [0.2, 0.25) is 0 Å². The Morgan fingerprint density at radius 2 is 1.86 bits per heavy atom. The van der Waals surface area contributed by atoms with E-state index in [1.54, 1.807) is 6.92 Å².